The van der Waals surface area contributed by atoms with Crippen LogP contribution in [0.15, 0.2) is 42.7 Å². The molecule has 2 aliphatic rings. The Bertz CT molecular complexity index is 850. The molecule has 1 unspecified atom stereocenters. The number of hydrogen-bond donors (Lipinski definition) is 2. The minimum atomic E-state index is -0.978. The third-order valence-corrected chi connectivity index (χ3v) is 4.58. The number of carboxylic acid groups (broad SMARTS) is 1. The van der Waals surface area contributed by atoms with Crippen LogP contribution in [0.5, 0.6) is 0 Å². The maximum Gasteiger partial charge on any atom is 0.335 e. The molecule has 0 amide bonds. The Kier molecular flexibility index (Phi) is 3.45. The number of hydrogen-bond acceptors (Lipinski definition) is 4. The molecule has 0 spiro atoms. The fourth-order valence-corrected chi connectivity index (χ4v) is 3.40. The molecule has 24 heavy (non-hydrogen) atoms. The normalized spacial score (nSPS) is 19.0. The smallest absolute Gasteiger partial charge is 0.335 e. The second-order valence-electron chi connectivity index (χ2n) is 6.02. The summed E-state index contributed by atoms with van der Waals surface area (Å²) >= 11 is 0. The van der Waals surface area contributed by atoms with Crippen LogP contribution in [0, 0.1) is 5.82 Å². The first-order valence-electron chi connectivity index (χ1n) is 7.81. The van der Waals surface area contributed by atoms with Crippen molar-refractivity contribution in [3.8, 4) is 0 Å². The van der Waals surface area contributed by atoms with Crippen LogP contribution in [-0.2, 0) is 6.42 Å². The summed E-state index contributed by atoms with van der Waals surface area (Å²) < 4.78 is 13.6. The van der Waals surface area contributed by atoms with Crippen molar-refractivity contribution in [3.05, 3.63) is 70.9 Å². The van der Waals surface area contributed by atoms with E-state index < -0.39 is 5.97 Å². The Balaban J connectivity index is 1.62. The van der Waals surface area contributed by atoms with Crippen LogP contribution in [0.1, 0.15) is 39.6 Å². The molecule has 0 saturated heterocycles. The molecule has 2 aromatic rings. The van der Waals surface area contributed by atoms with Crippen molar-refractivity contribution in [2.24, 2.45) is 0 Å². The standard InChI is InChI=1S/C18H16FN3O2/c19-13-3-1-11-2-4-17(14(11)8-13)22-9-16(21-10-22)15-7-12(18(23)24)5-6-20-15/h1,3,5-9,17,21H,2,4,10H2,(H,23,24). The molecule has 2 N–H and O–H groups in total. The van der Waals surface area contributed by atoms with E-state index >= 15 is 0 Å². The van der Waals surface area contributed by atoms with E-state index in [-0.39, 0.29) is 17.4 Å². The molecule has 1 aliphatic carbocycles. The molecule has 2 heterocycles. The van der Waals surface area contributed by atoms with Crippen LogP contribution in [-0.4, -0.2) is 27.6 Å². The van der Waals surface area contributed by atoms with Crippen LogP contribution in [0.25, 0.3) is 5.70 Å². The molecule has 0 radical (unpaired) electrons. The number of aromatic carboxylic acids is 1. The third-order valence-electron chi connectivity index (χ3n) is 4.58. The summed E-state index contributed by atoms with van der Waals surface area (Å²) in [6.45, 7) is 0.592. The second-order valence-corrected chi connectivity index (χ2v) is 6.02. The Morgan fingerprint density at radius 2 is 2.21 bits per heavy atom. The van der Waals surface area contributed by atoms with E-state index in [1.807, 2.05) is 12.3 Å². The van der Waals surface area contributed by atoms with Gasteiger partial charge in [0.25, 0.3) is 0 Å². The SMILES string of the molecule is O=C(O)c1ccnc(C2=CN(C3CCc4ccc(F)cc43)CN2)c1. The maximum absolute atomic E-state index is 13.6. The number of aryl methyl sites for hydroxylation is 1. The topological polar surface area (TPSA) is 65.5 Å². The zero-order chi connectivity index (χ0) is 16.7. The number of carboxylic acids is 1. The number of benzene rings is 1. The summed E-state index contributed by atoms with van der Waals surface area (Å²) in [5, 5.41) is 12.3. The van der Waals surface area contributed by atoms with Crippen molar-refractivity contribution in [1.29, 1.82) is 0 Å². The summed E-state index contributed by atoms with van der Waals surface area (Å²) in [6.07, 6.45) is 5.31. The number of rotatable bonds is 3. The first kappa shape index (κ1) is 14.7. The van der Waals surface area contributed by atoms with Gasteiger partial charge in [-0.25, -0.2) is 9.18 Å². The van der Waals surface area contributed by atoms with E-state index in [1.54, 1.807) is 12.1 Å². The number of fused-ring (bicyclic) bond motifs is 1. The highest BCUT2D eigenvalue weighted by Gasteiger charge is 2.29. The molecular weight excluding hydrogens is 309 g/mol. The van der Waals surface area contributed by atoms with Crippen LogP contribution < -0.4 is 5.32 Å². The van der Waals surface area contributed by atoms with Gasteiger partial charge in [-0.2, -0.15) is 0 Å². The van der Waals surface area contributed by atoms with Gasteiger partial charge >= 0.3 is 5.97 Å². The van der Waals surface area contributed by atoms with Crippen molar-refractivity contribution < 1.29 is 14.3 Å². The van der Waals surface area contributed by atoms with Crippen molar-refractivity contribution >= 4 is 11.7 Å². The summed E-state index contributed by atoms with van der Waals surface area (Å²) in [7, 11) is 0. The minimum absolute atomic E-state index is 0.128. The van der Waals surface area contributed by atoms with E-state index in [9.17, 15) is 9.18 Å². The molecule has 4 rings (SSSR count). The van der Waals surface area contributed by atoms with Crippen molar-refractivity contribution in [2.45, 2.75) is 18.9 Å². The number of halogens is 1. The highest BCUT2D eigenvalue weighted by molar-refractivity contribution is 5.88. The summed E-state index contributed by atoms with van der Waals surface area (Å²) in [6, 6.07) is 8.12. The van der Waals surface area contributed by atoms with Gasteiger partial charge in [0.05, 0.1) is 29.7 Å². The lowest BCUT2D eigenvalue weighted by atomic mass is 10.1. The van der Waals surface area contributed by atoms with Crippen molar-refractivity contribution in [1.82, 2.24) is 15.2 Å². The Morgan fingerprint density at radius 1 is 1.33 bits per heavy atom. The molecule has 1 aromatic heterocycles. The molecule has 1 aromatic carbocycles. The van der Waals surface area contributed by atoms with Gasteiger partial charge in [-0.05, 0) is 48.2 Å². The lowest BCUT2D eigenvalue weighted by Gasteiger charge is -2.23. The fourth-order valence-electron chi connectivity index (χ4n) is 3.40. The lowest BCUT2D eigenvalue weighted by molar-refractivity contribution is 0.0696. The molecule has 5 nitrogen and oxygen atoms in total. The van der Waals surface area contributed by atoms with Crippen LogP contribution >= 0.6 is 0 Å². The van der Waals surface area contributed by atoms with Crippen LogP contribution in [0.2, 0.25) is 0 Å². The summed E-state index contributed by atoms with van der Waals surface area (Å²) in [5.74, 6) is -1.19. The summed E-state index contributed by atoms with van der Waals surface area (Å²) in [5.41, 5.74) is 3.79. The molecular formula is C18H16FN3O2. The molecule has 0 fully saturated rings. The monoisotopic (exact) mass is 325 g/mol. The largest absolute Gasteiger partial charge is 0.478 e. The molecule has 122 valence electrons. The number of aromatic nitrogens is 1. The fraction of sp³-hybridized carbons (Fsp3) is 0.222. The van der Waals surface area contributed by atoms with Crippen molar-refractivity contribution in [3.63, 3.8) is 0 Å². The van der Waals surface area contributed by atoms with Crippen molar-refractivity contribution in [2.75, 3.05) is 6.67 Å². The molecule has 1 aliphatic heterocycles. The van der Waals surface area contributed by atoms with Gasteiger partial charge in [-0.3, -0.25) is 4.98 Å². The van der Waals surface area contributed by atoms with Gasteiger partial charge in [0, 0.05) is 12.4 Å². The third kappa shape index (κ3) is 2.50. The Labute approximate surface area is 138 Å². The lowest BCUT2D eigenvalue weighted by Crippen LogP contribution is -2.25. The van der Waals surface area contributed by atoms with Gasteiger partial charge in [0.2, 0.25) is 0 Å². The van der Waals surface area contributed by atoms with Gasteiger partial charge in [0.1, 0.15) is 5.82 Å². The van der Waals surface area contributed by atoms with Crippen LogP contribution in [0.4, 0.5) is 4.39 Å². The zero-order valence-corrected chi connectivity index (χ0v) is 12.9. The average molecular weight is 325 g/mol. The van der Waals surface area contributed by atoms with Gasteiger partial charge < -0.3 is 15.3 Å². The Hall–Kier alpha value is -2.89. The number of pyridine rings is 1. The number of nitrogens with zero attached hydrogens (tertiary/aromatic N) is 2. The highest BCUT2D eigenvalue weighted by atomic mass is 19.1. The van der Waals surface area contributed by atoms with Gasteiger partial charge in [-0.1, -0.05) is 6.07 Å². The maximum atomic E-state index is 13.6. The van der Waals surface area contributed by atoms with Gasteiger partial charge in [0.15, 0.2) is 0 Å². The van der Waals surface area contributed by atoms with E-state index in [0.717, 1.165) is 24.1 Å². The Morgan fingerprint density at radius 3 is 3.04 bits per heavy atom. The first-order valence-corrected chi connectivity index (χ1v) is 7.81. The van der Waals surface area contributed by atoms with E-state index in [2.05, 4.69) is 15.2 Å². The average Bonchev–Trinajstić information content (AvgIpc) is 3.21. The molecule has 0 bridgehead atoms. The minimum Gasteiger partial charge on any atom is -0.478 e. The quantitative estimate of drug-likeness (QED) is 0.908. The predicted molar refractivity (Wildman–Crippen MR) is 86.5 cm³/mol. The number of nitrogens with one attached hydrogen (secondary N) is 1. The predicted octanol–water partition coefficient (Wildman–Crippen LogP) is 2.77. The number of carbonyl (C=O) groups is 1. The van der Waals surface area contributed by atoms with E-state index in [4.69, 9.17) is 5.11 Å². The molecule has 1 atom stereocenters. The van der Waals surface area contributed by atoms with Gasteiger partial charge in [-0.15, -0.1) is 0 Å². The zero-order valence-electron chi connectivity index (χ0n) is 12.9. The van der Waals surface area contributed by atoms with Crippen LogP contribution in [0.3, 0.4) is 0 Å². The summed E-state index contributed by atoms with van der Waals surface area (Å²) in [4.78, 5) is 17.5. The van der Waals surface area contributed by atoms with E-state index in [1.165, 1.54) is 23.9 Å². The molecule has 6 heteroatoms. The molecule has 0 saturated carbocycles. The highest BCUT2D eigenvalue weighted by Crippen LogP contribution is 2.37. The van der Waals surface area contributed by atoms with E-state index in [0.29, 0.717) is 12.4 Å². The first-order chi connectivity index (χ1) is 11.6. The second kappa shape index (κ2) is 5.63.